The van der Waals surface area contributed by atoms with Gasteiger partial charge in [0.15, 0.2) is 0 Å². The third kappa shape index (κ3) is 4.23. The Bertz CT molecular complexity index is 569. The van der Waals surface area contributed by atoms with Crippen LogP contribution in [0.2, 0.25) is 0 Å². The van der Waals surface area contributed by atoms with Crippen LogP contribution in [-0.2, 0) is 6.54 Å². The number of rotatable bonds is 5. The molecule has 0 unspecified atom stereocenters. The van der Waals surface area contributed by atoms with E-state index in [0.717, 1.165) is 15.8 Å². The summed E-state index contributed by atoms with van der Waals surface area (Å²) in [4.78, 5) is 0. The summed E-state index contributed by atoms with van der Waals surface area (Å²) in [5.41, 5.74) is 1.56. The van der Waals surface area contributed by atoms with Gasteiger partial charge in [-0.1, -0.05) is 28.1 Å². The molecule has 0 aliphatic heterocycles. The van der Waals surface area contributed by atoms with Crippen molar-refractivity contribution < 1.29 is 9.13 Å². The van der Waals surface area contributed by atoms with Crippen LogP contribution in [0.15, 0.2) is 46.9 Å². The number of hydrogen-bond donors (Lipinski definition) is 1. The van der Waals surface area contributed by atoms with Crippen molar-refractivity contribution in [3.8, 4) is 5.75 Å². The minimum atomic E-state index is -0.257. The minimum absolute atomic E-state index is 0.162. The maximum atomic E-state index is 13.6. The van der Waals surface area contributed by atoms with Crippen LogP contribution in [-0.4, -0.2) is 6.10 Å². The SMILES string of the molecule is CC(C)Oc1ccc(CNc2cc(Br)ccc2F)cc1. The molecule has 4 heteroatoms. The Morgan fingerprint density at radius 2 is 1.85 bits per heavy atom. The molecule has 0 atom stereocenters. The predicted molar refractivity (Wildman–Crippen MR) is 83.6 cm³/mol. The Kier molecular flexibility index (Phi) is 5.01. The second-order valence-electron chi connectivity index (χ2n) is 4.79. The van der Waals surface area contributed by atoms with Gasteiger partial charge in [0.1, 0.15) is 11.6 Å². The lowest BCUT2D eigenvalue weighted by atomic mass is 10.2. The molecular weight excluding hydrogens is 321 g/mol. The van der Waals surface area contributed by atoms with Gasteiger partial charge in [0.05, 0.1) is 11.8 Å². The highest BCUT2D eigenvalue weighted by Crippen LogP contribution is 2.21. The quantitative estimate of drug-likeness (QED) is 0.829. The van der Waals surface area contributed by atoms with Crippen molar-refractivity contribution in [3.63, 3.8) is 0 Å². The van der Waals surface area contributed by atoms with Crippen molar-refractivity contribution in [1.82, 2.24) is 0 Å². The highest BCUT2D eigenvalue weighted by atomic mass is 79.9. The summed E-state index contributed by atoms with van der Waals surface area (Å²) in [6.45, 7) is 4.55. The maximum absolute atomic E-state index is 13.6. The van der Waals surface area contributed by atoms with Gasteiger partial charge in [-0.25, -0.2) is 4.39 Å². The predicted octanol–water partition coefficient (Wildman–Crippen LogP) is 4.99. The standard InChI is InChI=1S/C16H17BrFNO/c1-11(2)20-14-6-3-12(4-7-14)10-19-16-9-13(17)5-8-15(16)18/h3-9,11,19H,10H2,1-2H3. The van der Waals surface area contributed by atoms with Gasteiger partial charge in [-0.3, -0.25) is 0 Å². The van der Waals surface area contributed by atoms with E-state index in [1.807, 2.05) is 38.1 Å². The van der Waals surface area contributed by atoms with E-state index in [1.54, 1.807) is 12.1 Å². The van der Waals surface area contributed by atoms with E-state index in [-0.39, 0.29) is 11.9 Å². The van der Waals surface area contributed by atoms with Crippen molar-refractivity contribution in [3.05, 3.63) is 58.3 Å². The van der Waals surface area contributed by atoms with Gasteiger partial charge in [-0.15, -0.1) is 0 Å². The fourth-order valence-electron chi connectivity index (χ4n) is 1.79. The molecule has 0 saturated carbocycles. The minimum Gasteiger partial charge on any atom is -0.491 e. The molecule has 0 aromatic heterocycles. The Hall–Kier alpha value is -1.55. The van der Waals surface area contributed by atoms with Gasteiger partial charge < -0.3 is 10.1 Å². The molecule has 20 heavy (non-hydrogen) atoms. The molecule has 0 spiro atoms. The first-order chi connectivity index (χ1) is 9.54. The number of halogens is 2. The van der Waals surface area contributed by atoms with Crippen LogP contribution < -0.4 is 10.1 Å². The van der Waals surface area contributed by atoms with Crippen molar-refractivity contribution in [2.75, 3.05) is 5.32 Å². The fourth-order valence-corrected chi connectivity index (χ4v) is 2.15. The lowest BCUT2D eigenvalue weighted by molar-refractivity contribution is 0.242. The molecule has 0 aliphatic carbocycles. The van der Waals surface area contributed by atoms with Crippen molar-refractivity contribution in [2.24, 2.45) is 0 Å². The first kappa shape index (κ1) is 14.9. The number of hydrogen-bond acceptors (Lipinski definition) is 2. The van der Waals surface area contributed by atoms with Gasteiger partial charge >= 0.3 is 0 Å². The molecule has 0 heterocycles. The van der Waals surface area contributed by atoms with Crippen LogP contribution in [0.3, 0.4) is 0 Å². The highest BCUT2D eigenvalue weighted by molar-refractivity contribution is 9.10. The van der Waals surface area contributed by atoms with Crippen LogP contribution in [0.25, 0.3) is 0 Å². The monoisotopic (exact) mass is 337 g/mol. The van der Waals surface area contributed by atoms with E-state index in [9.17, 15) is 4.39 Å². The average Bonchev–Trinajstić information content (AvgIpc) is 2.41. The first-order valence-corrected chi connectivity index (χ1v) is 7.28. The summed E-state index contributed by atoms with van der Waals surface area (Å²) in [7, 11) is 0. The molecular formula is C16H17BrFNO. The summed E-state index contributed by atoms with van der Waals surface area (Å²) in [6, 6.07) is 12.6. The summed E-state index contributed by atoms with van der Waals surface area (Å²) in [5, 5.41) is 3.08. The molecule has 0 fully saturated rings. The van der Waals surface area contributed by atoms with Crippen molar-refractivity contribution in [2.45, 2.75) is 26.5 Å². The second-order valence-corrected chi connectivity index (χ2v) is 5.70. The fraction of sp³-hybridized carbons (Fsp3) is 0.250. The van der Waals surface area contributed by atoms with E-state index in [1.165, 1.54) is 6.07 Å². The van der Waals surface area contributed by atoms with E-state index in [4.69, 9.17) is 4.74 Å². The molecule has 106 valence electrons. The molecule has 2 aromatic rings. The normalized spacial score (nSPS) is 10.7. The average molecular weight is 338 g/mol. The lowest BCUT2D eigenvalue weighted by Gasteiger charge is -2.11. The first-order valence-electron chi connectivity index (χ1n) is 6.49. The molecule has 2 rings (SSSR count). The molecule has 2 nitrogen and oxygen atoms in total. The summed E-state index contributed by atoms with van der Waals surface area (Å²) >= 11 is 3.33. The van der Waals surface area contributed by atoms with Gasteiger partial charge in [-0.05, 0) is 49.7 Å². The largest absolute Gasteiger partial charge is 0.491 e. The van der Waals surface area contributed by atoms with Crippen molar-refractivity contribution in [1.29, 1.82) is 0 Å². The van der Waals surface area contributed by atoms with Gasteiger partial charge in [-0.2, -0.15) is 0 Å². The zero-order valence-electron chi connectivity index (χ0n) is 11.5. The van der Waals surface area contributed by atoms with Crippen LogP contribution in [0.1, 0.15) is 19.4 Å². The summed E-state index contributed by atoms with van der Waals surface area (Å²) < 4.78 is 20.0. The third-order valence-corrected chi connectivity index (χ3v) is 3.20. The zero-order valence-corrected chi connectivity index (χ0v) is 13.1. The van der Waals surface area contributed by atoms with Crippen LogP contribution >= 0.6 is 15.9 Å². The Labute approximate surface area is 127 Å². The van der Waals surface area contributed by atoms with Gasteiger partial charge in [0.2, 0.25) is 0 Å². The lowest BCUT2D eigenvalue weighted by Crippen LogP contribution is -2.06. The maximum Gasteiger partial charge on any atom is 0.146 e. The van der Waals surface area contributed by atoms with E-state index < -0.39 is 0 Å². The molecule has 0 amide bonds. The second kappa shape index (κ2) is 6.75. The topological polar surface area (TPSA) is 21.3 Å². The molecule has 0 saturated heterocycles. The number of nitrogens with one attached hydrogen (secondary N) is 1. The van der Waals surface area contributed by atoms with Crippen LogP contribution in [0.5, 0.6) is 5.75 Å². The molecule has 1 N–H and O–H groups in total. The highest BCUT2D eigenvalue weighted by Gasteiger charge is 2.03. The smallest absolute Gasteiger partial charge is 0.146 e. The Balaban J connectivity index is 1.98. The van der Waals surface area contributed by atoms with Gasteiger partial charge in [0, 0.05) is 11.0 Å². The van der Waals surface area contributed by atoms with Crippen molar-refractivity contribution >= 4 is 21.6 Å². The molecule has 0 aliphatic rings. The molecule has 0 bridgehead atoms. The van der Waals surface area contributed by atoms with Crippen LogP contribution in [0.4, 0.5) is 10.1 Å². The van der Waals surface area contributed by atoms with E-state index in [2.05, 4.69) is 21.2 Å². The number of ether oxygens (including phenoxy) is 1. The van der Waals surface area contributed by atoms with Crippen LogP contribution in [0, 0.1) is 5.82 Å². The summed E-state index contributed by atoms with van der Waals surface area (Å²) in [5.74, 6) is 0.588. The molecule has 0 radical (unpaired) electrons. The molecule has 2 aromatic carbocycles. The number of anilines is 1. The Morgan fingerprint density at radius 1 is 1.15 bits per heavy atom. The number of benzene rings is 2. The van der Waals surface area contributed by atoms with Gasteiger partial charge in [0.25, 0.3) is 0 Å². The third-order valence-electron chi connectivity index (χ3n) is 2.71. The Morgan fingerprint density at radius 3 is 2.50 bits per heavy atom. The summed E-state index contributed by atoms with van der Waals surface area (Å²) in [6.07, 6.45) is 0.162. The van der Waals surface area contributed by atoms with E-state index >= 15 is 0 Å². The zero-order chi connectivity index (χ0) is 14.5. The van der Waals surface area contributed by atoms with E-state index in [0.29, 0.717) is 12.2 Å².